The number of ether oxygens (including phenoxy) is 2. The Bertz CT molecular complexity index is 488. The molecule has 0 N–H and O–H groups in total. The van der Waals surface area contributed by atoms with Crippen LogP contribution in [0.1, 0.15) is 29.6 Å². The molecule has 20 heavy (non-hydrogen) atoms. The van der Waals surface area contributed by atoms with E-state index in [9.17, 15) is 4.79 Å². The van der Waals surface area contributed by atoms with E-state index in [1.807, 2.05) is 24.3 Å². The fourth-order valence-electron chi connectivity index (χ4n) is 3.35. The van der Waals surface area contributed by atoms with Gasteiger partial charge in [0.05, 0.1) is 31.9 Å². The van der Waals surface area contributed by atoms with Gasteiger partial charge in [-0.3, -0.25) is 9.69 Å². The van der Waals surface area contributed by atoms with Gasteiger partial charge in [0.25, 0.3) is 0 Å². The van der Waals surface area contributed by atoms with Gasteiger partial charge in [0.15, 0.2) is 5.78 Å². The van der Waals surface area contributed by atoms with Crippen molar-refractivity contribution in [3.8, 4) is 5.75 Å². The number of Topliss-reactive ketones (excluding diaryl/α,β-unsaturated/α-hetero) is 1. The number of carbonyl (C=O) groups is 1. The Hall–Kier alpha value is -1.39. The topological polar surface area (TPSA) is 38.8 Å². The van der Waals surface area contributed by atoms with Crippen LogP contribution in [-0.4, -0.2) is 49.6 Å². The summed E-state index contributed by atoms with van der Waals surface area (Å²) >= 11 is 0. The van der Waals surface area contributed by atoms with E-state index in [2.05, 4.69) is 4.90 Å². The lowest BCUT2D eigenvalue weighted by atomic mass is 10.1. The highest BCUT2D eigenvalue weighted by Crippen LogP contribution is 2.30. The van der Waals surface area contributed by atoms with E-state index >= 15 is 0 Å². The number of nitrogens with zero attached hydrogens (tertiary/aromatic N) is 1. The molecule has 1 aromatic carbocycles. The van der Waals surface area contributed by atoms with Crippen molar-refractivity contribution in [2.45, 2.75) is 31.4 Å². The first kappa shape index (κ1) is 13.6. The zero-order valence-electron chi connectivity index (χ0n) is 11.9. The van der Waals surface area contributed by atoms with Gasteiger partial charge < -0.3 is 9.47 Å². The van der Waals surface area contributed by atoms with Crippen molar-refractivity contribution in [3.05, 3.63) is 29.8 Å². The van der Waals surface area contributed by atoms with E-state index in [0.717, 1.165) is 26.0 Å². The number of para-hydroxylation sites is 1. The highest BCUT2D eigenvalue weighted by atomic mass is 16.5. The summed E-state index contributed by atoms with van der Waals surface area (Å²) in [5.74, 6) is 0.795. The van der Waals surface area contributed by atoms with Crippen molar-refractivity contribution < 1.29 is 14.3 Å². The van der Waals surface area contributed by atoms with Crippen LogP contribution in [0.25, 0.3) is 0 Å². The molecule has 108 valence electrons. The normalized spacial score (nSPS) is 26.2. The van der Waals surface area contributed by atoms with Crippen molar-refractivity contribution in [1.29, 1.82) is 0 Å². The molecular weight excluding hydrogens is 254 g/mol. The molecule has 2 aliphatic rings. The number of morpholine rings is 1. The van der Waals surface area contributed by atoms with Gasteiger partial charge in [0.1, 0.15) is 5.75 Å². The maximum Gasteiger partial charge on any atom is 0.180 e. The molecule has 1 saturated heterocycles. The summed E-state index contributed by atoms with van der Waals surface area (Å²) in [5, 5.41) is 0. The predicted molar refractivity (Wildman–Crippen MR) is 76.3 cm³/mol. The second kappa shape index (κ2) is 5.94. The highest BCUT2D eigenvalue weighted by Gasteiger charge is 2.36. The van der Waals surface area contributed by atoms with Crippen LogP contribution in [-0.2, 0) is 4.74 Å². The average molecular weight is 275 g/mol. The number of benzene rings is 1. The van der Waals surface area contributed by atoms with E-state index in [1.165, 1.54) is 6.42 Å². The molecule has 2 atom stereocenters. The summed E-state index contributed by atoms with van der Waals surface area (Å²) in [6.45, 7) is 2.05. The molecule has 1 aromatic rings. The molecule has 3 rings (SSSR count). The van der Waals surface area contributed by atoms with Gasteiger partial charge in [0.2, 0.25) is 0 Å². The molecule has 1 aliphatic heterocycles. The first-order chi connectivity index (χ1) is 9.79. The summed E-state index contributed by atoms with van der Waals surface area (Å²) in [7, 11) is 1.61. The molecule has 2 fully saturated rings. The van der Waals surface area contributed by atoms with Crippen molar-refractivity contribution in [2.75, 3.05) is 26.8 Å². The van der Waals surface area contributed by atoms with Crippen molar-refractivity contribution in [1.82, 2.24) is 4.90 Å². The Labute approximate surface area is 119 Å². The fraction of sp³-hybridized carbons (Fsp3) is 0.562. The molecule has 0 spiro atoms. The molecular formula is C16H21NO3. The number of carbonyl (C=O) groups excluding carboxylic acids is 1. The Kier molecular flexibility index (Phi) is 4.03. The van der Waals surface area contributed by atoms with Gasteiger partial charge in [-0.05, 0) is 31.4 Å². The first-order valence-electron chi connectivity index (χ1n) is 7.31. The lowest BCUT2D eigenvalue weighted by Gasteiger charge is -2.37. The summed E-state index contributed by atoms with van der Waals surface area (Å²) in [6, 6.07) is 7.87. The summed E-state index contributed by atoms with van der Waals surface area (Å²) < 4.78 is 11.1. The minimum Gasteiger partial charge on any atom is -0.496 e. The Morgan fingerprint density at radius 1 is 1.40 bits per heavy atom. The van der Waals surface area contributed by atoms with E-state index in [-0.39, 0.29) is 5.78 Å². The number of hydrogen-bond donors (Lipinski definition) is 0. The van der Waals surface area contributed by atoms with Gasteiger partial charge in [0, 0.05) is 12.6 Å². The fourth-order valence-corrected chi connectivity index (χ4v) is 3.35. The van der Waals surface area contributed by atoms with Crippen LogP contribution in [0.5, 0.6) is 5.75 Å². The molecule has 0 amide bonds. The lowest BCUT2D eigenvalue weighted by molar-refractivity contribution is -0.0522. The van der Waals surface area contributed by atoms with E-state index in [4.69, 9.17) is 9.47 Å². The van der Waals surface area contributed by atoms with E-state index in [0.29, 0.717) is 30.0 Å². The van der Waals surface area contributed by atoms with Crippen LogP contribution < -0.4 is 4.74 Å². The summed E-state index contributed by atoms with van der Waals surface area (Å²) in [6.07, 6.45) is 3.80. The zero-order valence-corrected chi connectivity index (χ0v) is 11.9. The lowest BCUT2D eigenvalue weighted by Crippen LogP contribution is -2.50. The third-order valence-corrected chi connectivity index (χ3v) is 4.35. The smallest absolute Gasteiger partial charge is 0.180 e. The van der Waals surface area contributed by atoms with Gasteiger partial charge in [-0.1, -0.05) is 12.1 Å². The molecule has 4 nitrogen and oxygen atoms in total. The van der Waals surface area contributed by atoms with Gasteiger partial charge >= 0.3 is 0 Å². The second-order valence-corrected chi connectivity index (χ2v) is 5.50. The van der Waals surface area contributed by atoms with E-state index in [1.54, 1.807) is 7.11 Å². The van der Waals surface area contributed by atoms with Gasteiger partial charge in [-0.15, -0.1) is 0 Å². The number of hydrogen-bond acceptors (Lipinski definition) is 4. The van der Waals surface area contributed by atoms with Crippen molar-refractivity contribution in [2.24, 2.45) is 0 Å². The molecule has 0 radical (unpaired) electrons. The number of fused-ring (bicyclic) bond motifs is 1. The quantitative estimate of drug-likeness (QED) is 0.789. The average Bonchev–Trinajstić information content (AvgIpc) is 2.96. The van der Waals surface area contributed by atoms with Crippen LogP contribution in [0.3, 0.4) is 0 Å². The van der Waals surface area contributed by atoms with Crippen LogP contribution in [0.4, 0.5) is 0 Å². The predicted octanol–water partition coefficient (Wildman–Crippen LogP) is 2.13. The van der Waals surface area contributed by atoms with Crippen molar-refractivity contribution >= 4 is 5.78 Å². The minimum absolute atomic E-state index is 0.134. The van der Waals surface area contributed by atoms with Crippen LogP contribution in [0.2, 0.25) is 0 Å². The molecule has 4 heteroatoms. The Morgan fingerprint density at radius 3 is 3.10 bits per heavy atom. The minimum atomic E-state index is 0.134. The van der Waals surface area contributed by atoms with E-state index < -0.39 is 0 Å². The third-order valence-electron chi connectivity index (χ3n) is 4.35. The number of rotatable bonds is 4. The summed E-state index contributed by atoms with van der Waals surface area (Å²) in [4.78, 5) is 14.8. The highest BCUT2D eigenvalue weighted by molar-refractivity contribution is 6.00. The maximum absolute atomic E-state index is 12.5. The summed E-state index contributed by atoms with van der Waals surface area (Å²) in [5.41, 5.74) is 0.677. The molecule has 1 saturated carbocycles. The molecule has 1 heterocycles. The second-order valence-electron chi connectivity index (χ2n) is 5.50. The molecule has 2 unspecified atom stereocenters. The number of ketones is 1. The SMILES string of the molecule is COc1ccccc1C(=O)CN1CCOC2CCCC21. The molecule has 1 aliphatic carbocycles. The monoisotopic (exact) mass is 275 g/mol. The standard InChI is InChI=1S/C16H21NO3/c1-19-15-7-3-2-5-12(15)14(18)11-17-9-10-20-16-8-4-6-13(16)17/h2-3,5,7,13,16H,4,6,8-11H2,1H3. The maximum atomic E-state index is 12.5. The van der Waals surface area contributed by atoms with Crippen LogP contribution in [0.15, 0.2) is 24.3 Å². The third kappa shape index (κ3) is 2.58. The van der Waals surface area contributed by atoms with Gasteiger partial charge in [-0.2, -0.15) is 0 Å². The first-order valence-corrected chi connectivity index (χ1v) is 7.31. The molecule has 0 bridgehead atoms. The van der Waals surface area contributed by atoms with Gasteiger partial charge in [-0.25, -0.2) is 0 Å². The zero-order chi connectivity index (χ0) is 13.9. The number of methoxy groups -OCH3 is 1. The largest absolute Gasteiger partial charge is 0.496 e. The van der Waals surface area contributed by atoms with Crippen LogP contribution in [0, 0.1) is 0 Å². The molecule has 0 aromatic heterocycles. The Balaban J connectivity index is 1.72. The Morgan fingerprint density at radius 2 is 2.25 bits per heavy atom. The van der Waals surface area contributed by atoms with Crippen LogP contribution >= 0.6 is 0 Å². The van der Waals surface area contributed by atoms with Crippen molar-refractivity contribution in [3.63, 3.8) is 0 Å².